The van der Waals surface area contributed by atoms with E-state index < -0.39 is 17.7 Å². The van der Waals surface area contributed by atoms with Crippen LogP contribution < -0.4 is 4.74 Å². The molecule has 0 radical (unpaired) electrons. The van der Waals surface area contributed by atoms with E-state index in [4.69, 9.17) is 4.74 Å². The summed E-state index contributed by atoms with van der Waals surface area (Å²) in [6, 6.07) is 9.58. The Kier molecular flexibility index (Phi) is 5.35. The van der Waals surface area contributed by atoms with E-state index in [1.165, 1.54) is 18.2 Å². The fourth-order valence-corrected chi connectivity index (χ4v) is 3.08. The minimum Gasteiger partial charge on any atom is -0.492 e. The van der Waals surface area contributed by atoms with E-state index >= 15 is 0 Å². The Morgan fingerprint density at radius 2 is 1.88 bits per heavy atom. The van der Waals surface area contributed by atoms with Gasteiger partial charge in [0, 0.05) is 30.8 Å². The van der Waals surface area contributed by atoms with Crippen molar-refractivity contribution in [3.63, 3.8) is 0 Å². The molecule has 2 aromatic rings. The lowest BCUT2D eigenvalue weighted by Crippen LogP contribution is -2.26. The van der Waals surface area contributed by atoms with E-state index in [1.807, 2.05) is 36.9 Å². The van der Waals surface area contributed by atoms with Crippen LogP contribution in [0.3, 0.4) is 0 Å². The van der Waals surface area contributed by atoms with Crippen LogP contribution in [0.25, 0.3) is 0 Å². The van der Waals surface area contributed by atoms with Crippen LogP contribution >= 0.6 is 0 Å². The Bertz CT molecular complexity index is 728. The molecule has 3 rings (SSSR count). The molecule has 1 aliphatic heterocycles. The molecule has 1 aliphatic rings. The van der Waals surface area contributed by atoms with Crippen LogP contribution in [0.4, 0.5) is 8.78 Å². The molecule has 0 spiro atoms. The Balaban J connectivity index is 1.84. The first-order valence-electron chi connectivity index (χ1n) is 8.54. The highest BCUT2D eigenvalue weighted by Gasteiger charge is 2.21. The molecule has 1 N–H and O–H groups in total. The van der Waals surface area contributed by atoms with Gasteiger partial charge in [0.1, 0.15) is 24.0 Å². The van der Waals surface area contributed by atoms with Gasteiger partial charge in [0.15, 0.2) is 0 Å². The summed E-state index contributed by atoms with van der Waals surface area (Å²) in [5.74, 6) is -0.201. The minimum atomic E-state index is -0.550. The topological polar surface area (TPSA) is 32.7 Å². The molecule has 0 fully saturated rings. The van der Waals surface area contributed by atoms with E-state index in [-0.39, 0.29) is 18.0 Å². The molecular formula is C20H23F2NO2. The second-order valence-electron chi connectivity index (χ2n) is 6.82. The summed E-state index contributed by atoms with van der Waals surface area (Å²) in [5, 5.41) is 10.3. The summed E-state index contributed by atoms with van der Waals surface area (Å²) in [6.45, 7) is 5.64. The summed E-state index contributed by atoms with van der Waals surface area (Å²) in [5.41, 5.74) is 1.83. The average Bonchev–Trinajstić information content (AvgIpc) is 2.78. The first-order valence-corrected chi connectivity index (χ1v) is 8.54. The molecule has 5 heteroatoms. The molecule has 1 unspecified atom stereocenters. The summed E-state index contributed by atoms with van der Waals surface area (Å²) in [6.07, 6.45) is -0.550. The van der Waals surface area contributed by atoms with Crippen LogP contribution in [0.5, 0.6) is 5.75 Å². The Labute approximate surface area is 146 Å². The maximum Gasteiger partial charge on any atom is 0.130 e. The van der Waals surface area contributed by atoms with Gasteiger partial charge in [0.05, 0.1) is 6.10 Å². The average molecular weight is 347 g/mol. The first kappa shape index (κ1) is 17.8. The van der Waals surface area contributed by atoms with Crippen molar-refractivity contribution in [2.75, 3.05) is 13.2 Å². The van der Waals surface area contributed by atoms with Crippen LogP contribution in [0.1, 0.15) is 36.6 Å². The summed E-state index contributed by atoms with van der Waals surface area (Å²) < 4.78 is 33.6. The van der Waals surface area contributed by atoms with Crippen molar-refractivity contribution in [3.8, 4) is 5.75 Å². The zero-order valence-electron chi connectivity index (χ0n) is 14.5. The second kappa shape index (κ2) is 7.50. The van der Waals surface area contributed by atoms with Crippen molar-refractivity contribution >= 4 is 0 Å². The zero-order chi connectivity index (χ0) is 18.0. The SMILES string of the molecule is CC(C)C(O)c1ccc2c(c1)CN(Cc1c(F)cccc1F)CCO2. The smallest absolute Gasteiger partial charge is 0.130 e. The van der Waals surface area contributed by atoms with Crippen molar-refractivity contribution < 1.29 is 18.6 Å². The van der Waals surface area contributed by atoms with Gasteiger partial charge in [0.25, 0.3) is 0 Å². The van der Waals surface area contributed by atoms with Gasteiger partial charge in [-0.2, -0.15) is 0 Å². The number of hydrogen-bond donors (Lipinski definition) is 1. The third-order valence-electron chi connectivity index (χ3n) is 4.56. The van der Waals surface area contributed by atoms with Gasteiger partial charge in [-0.25, -0.2) is 8.78 Å². The predicted molar refractivity (Wildman–Crippen MR) is 92.2 cm³/mol. The Morgan fingerprint density at radius 3 is 2.56 bits per heavy atom. The lowest BCUT2D eigenvalue weighted by molar-refractivity contribution is 0.126. The third kappa shape index (κ3) is 3.99. The van der Waals surface area contributed by atoms with Gasteiger partial charge in [-0.05, 0) is 35.7 Å². The van der Waals surface area contributed by atoms with Gasteiger partial charge >= 0.3 is 0 Å². The van der Waals surface area contributed by atoms with Crippen LogP contribution in [0.2, 0.25) is 0 Å². The first-order chi connectivity index (χ1) is 12.0. The summed E-state index contributed by atoms with van der Waals surface area (Å²) in [7, 11) is 0. The maximum absolute atomic E-state index is 13.9. The molecule has 0 amide bonds. The number of rotatable bonds is 4. The van der Waals surface area contributed by atoms with Crippen LogP contribution in [0.15, 0.2) is 36.4 Å². The number of nitrogens with zero attached hydrogens (tertiary/aromatic N) is 1. The highest BCUT2D eigenvalue weighted by molar-refractivity contribution is 5.39. The van der Waals surface area contributed by atoms with Crippen molar-refractivity contribution in [1.29, 1.82) is 0 Å². The van der Waals surface area contributed by atoms with Crippen molar-refractivity contribution in [2.24, 2.45) is 5.92 Å². The normalized spacial score (nSPS) is 16.2. The van der Waals surface area contributed by atoms with Crippen LogP contribution in [-0.2, 0) is 13.1 Å². The largest absolute Gasteiger partial charge is 0.492 e. The van der Waals surface area contributed by atoms with Gasteiger partial charge < -0.3 is 9.84 Å². The second-order valence-corrected chi connectivity index (χ2v) is 6.82. The minimum absolute atomic E-state index is 0.0734. The molecule has 134 valence electrons. The molecule has 1 atom stereocenters. The molecular weight excluding hydrogens is 324 g/mol. The number of hydrogen-bond acceptors (Lipinski definition) is 3. The van der Waals surface area contributed by atoms with Crippen molar-refractivity contribution in [3.05, 3.63) is 64.7 Å². The van der Waals surface area contributed by atoms with Gasteiger partial charge in [0.2, 0.25) is 0 Å². The van der Waals surface area contributed by atoms with Gasteiger partial charge in [-0.15, -0.1) is 0 Å². The predicted octanol–water partition coefficient (Wildman–Crippen LogP) is 4.05. The number of benzene rings is 2. The van der Waals surface area contributed by atoms with E-state index in [0.29, 0.717) is 19.7 Å². The molecule has 0 saturated carbocycles. The van der Waals surface area contributed by atoms with E-state index in [0.717, 1.165) is 16.9 Å². The maximum atomic E-state index is 13.9. The summed E-state index contributed by atoms with van der Waals surface area (Å²) >= 11 is 0. The van der Waals surface area contributed by atoms with Crippen molar-refractivity contribution in [2.45, 2.75) is 33.0 Å². The molecule has 0 aliphatic carbocycles. The number of aliphatic hydroxyl groups excluding tert-OH is 1. The zero-order valence-corrected chi connectivity index (χ0v) is 14.5. The van der Waals surface area contributed by atoms with Gasteiger partial charge in [-0.1, -0.05) is 26.0 Å². The number of aliphatic hydroxyl groups is 1. The Hall–Kier alpha value is -1.98. The highest BCUT2D eigenvalue weighted by Crippen LogP contribution is 2.30. The monoisotopic (exact) mass is 347 g/mol. The lowest BCUT2D eigenvalue weighted by atomic mass is 9.97. The highest BCUT2D eigenvalue weighted by atomic mass is 19.1. The fraction of sp³-hybridized carbons (Fsp3) is 0.400. The summed E-state index contributed by atoms with van der Waals surface area (Å²) in [4.78, 5) is 1.96. The number of ether oxygens (including phenoxy) is 1. The van der Waals surface area contributed by atoms with Gasteiger partial charge in [-0.3, -0.25) is 4.90 Å². The lowest BCUT2D eigenvalue weighted by Gasteiger charge is -2.21. The van der Waals surface area contributed by atoms with E-state index in [2.05, 4.69) is 0 Å². The molecule has 1 heterocycles. The standard InChI is InChI=1S/C20H23F2NO2/c1-13(2)20(24)14-6-7-19-15(10-14)11-23(8-9-25-19)12-16-17(21)4-3-5-18(16)22/h3-7,10,13,20,24H,8-9,11-12H2,1-2H3. The van der Waals surface area contributed by atoms with Crippen molar-refractivity contribution in [1.82, 2.24) is 4.90 Å². The quantitative estimate of drug-likeness (QED) is 0.906. The van der Waals surface area contributed by atoms with Crippen LogP contribution in [0, 0.1) is 17.6 Å². The molecule has 0 bridgehead atoms. The molecule has 0 aromatic heterocycles. The fourth-order valence-electron chi connectivity index (χ4n) is 3.08. The Morgan fingerprint density at radius 1 is 1.16 bits per heavy atom. The molecule has 25 heavy (non-hydrogen) atoms. The number of halogens is 2. The molecule has 3 nitrogen and oxygen atoms in total. The van der Waals surface area contributed by atoms with Crippen LogP contribution in [-0.4, -0.2) is 23.2 Å². The third-order valence-corrected chi connectivity index (χ3v) is 4.56. The van der Waals surface area contributed by atoms with E-state index in [1.54, 1.807) is 0 Å². The molecule has 0 saturated heterocycles. The molecule has 2 aromatic carbocycles. The number of fused-ring (bicyclic) bond motifs is 1. The van der Waals surface area contributed by atoms with E-state index in [9.17, 15) is 13.9 Å².